The van der Waals surface area contributed by atoms with Gasteiger partial charge < -0.3 is 28.1 Å². The van der Waals surface area contributed by atoms with Crippen LogP contribution < -0.4 is 20.4 Å². The Balaban J connectivity index is 1.95. The summed E-state index contributed by atoms with van der Waals surface area (Å²) in [5, 5.41) is 1.84. The fourth-order valence-electron chi connectivity index (χ4n) is 4.48. The first-order valence-corrected chi connectivity index (χ1v) is 13.3. The van der Waals surface area contributed by atoms with Gasteiger partial charge in [0.25, 0.3) is 0 Å². The second-order valence-corrected chi connectivity index (χ2v) is 11.9. The quantitative estimate of drug-likeness (QED) is 0.479. The monoisotopic (exact) mass is 496 g/mol. The Bertz CT molecular complexity index is 992. The number of rotatable bonds is 8. The molecule has 4 rings (SSSR count). The van der Waals surface area contributed by atoms with Crippen molar-refractivity contribution in [3.63, 3.8) is 0 Å². The highest BCUT2D eigenvalue weighted by atomic mass is 16.7. The van der Waals surface area contributed by atoms with E-state index < -0.39 is 36.6 Å². The molecule has 0 unspecified atom stereocenters. The summed E-state index contributed by atoms with van der Waals surface area (Å²) in [5.41, 5.74) is -0.0249. The standard InChI is InChI=1S/C28H42B2O6/c1-11-17-31-21-15-13-20(30-35-27(7,8)28(9,10)36-30)24-22(32-18-12-2)16-14-19(23(21)24)29-33-25(3,4)26(5,6)34-29/h13-16H,11-12,17-18H2,1-10H3. The second kappa shape index (κ2) is 9.54. The van der Waals surface area contributed by atoms with Crippen LogP contribution in [0.1, 0.15) is 82.1 Å². The predicted octanol–water partition coefficient (Wildman–Crippen LogP) is 5.02. The van der Waals surface area contributed by atoms with E-state index in [1.807, 2.05) is 24.3 Å². The Morgan fingerprint density at radius 3 is 1.14 bits per heavy atom. The highest BCUT2D eigenvalue weighted by molar-refractivity contribution is 6.69. The van der Waals surface area contributed by atoms with Gasteiger partial charge in [-0.2, -0.15) is 0 Å². The van der Waals surface area contributed by atoms with E-state index in [1.165, 1.54) is 0 Å². The van der Waals surface area contributed by atoms with Gasteiger partial charge in [0.15, 0.2) is 0 Å². The summed E-state index contributed by atoms with van der Waals surface area (Å²) in [6.07, 6.45) is 1.80. The van der Waals surface area contributed by atoms with Crippen LogP contribution in [0.25, 0.3) is 10.8 Å². The summed E-state index contributed by atoms with van der Waals surface area (Å²) in [7, 11) is -1.09. The molecule has 0 amide bonds. The Labute approximate surface area is 217 Å². The molecule has 0 atom stereocenters. The molecule has 0 saturated carbocycles. The smallest absolute Gasteiger partial charge is 0.493 e. The van der Waals surface area contributed by atoms with Crippen molar-refractivity contribution < 1.29 is 28.1 Å². The summed E-state index contributed by atoms with van der Waals surface area (Å²) in [4.78, 5) is 0. The second-order valence-electron chi connectivity index (χ2n) is 11.9. The Morgan fingerprint density at radius 2 is 0.861 bits per heavy atom. The van der Waals surface area contributed by atoms with Crippen LogP contribution in [0.3, 0.4) is 0 Å². The summed E-state index contributed by atoms with van der Waals surface area (Å²) in [6.45, 7) is 22.0. The summed E-state index contributed by atoms with van der Waals surface area (Å²) in [6, 6.07) is 8.11. The molecule has 2 saturated heterocycles. The molecule has 8 heteroatoms. The lowest BCUT2D eigenvalue weighted by Crippen LogP contribution is -2.41. The molecule has 2 aliphatic rings. The molecular weight excluding hydrogens is 454 g/mol. The van der Waals surface area contributed by atoms with Crippen molar-refractivity contribution in [2.24, 2.45) is 0 Å². The summed E-state index contributed by atoms with van der Waals surface area (Å²) >= 11 is 0. The molecule has 196 valence electrons. The highest BCUT2D eigenvalue weighted by Crippen LogP contribution is 2.41. The maximum atomic E-state index is 6.49. The maximum absolute atomic E-state index is 6.49. The molecule has 0 N–H and O–H groups in total. The number of benzene rings is 2. The normalized spacial score (nSPS) is 21.8. The summed E-state index contributed by atoms with van der Waals surface area (Å²) in [5.74, 6) is 1.55. The van der Waals surface area contributed by atoms with Gasteiger partial charge in [0, 0.05) is 10.8 Å². The molecule has 2 aromatic rings. The van der Waals surface area contributed by atoms with Crippen LogP contribution in [0, 0.1) is 0 Å². The topological polar surface area (TPSA) is 55.4 Å². The minimum Gasteiger partial charge on any atom is -0.493 e. The van der Waals surface area contributed by atoms with Crippen LogP contribution in [-0.2, 0) is 18.6 Å². The van der Waals surface area contributed by atoms with E-state index in [1.54, 1.807) is 0 Å². The lowest BCUT2D eigenvalue weighted by molar-refractivity contribution is 0.00578. The van der Waals surface area contributed by atoms with E-state index in [-0.39, 0.29) is 0 Å². The van der Waals surface area contributed by atoms with Gasteiger partial charge in [0.1, 0.15) is 11.5 Å². The molecule has 2 aliphatic heterocycles. The Hall–Kier alpha value is -1.73. The molecule has 0 aromatic heterocycles. The third-order valence-electron chi connectivity index (χ3n) is 8.09. The number of fused-ring (bicyclic) bond motifs is 1. The predicted molar refractivity (Wildman–Crippen MR) is 147 cm³/mol. The third kappa shape index (κ3) is 4.66. The van der Waals surface area contributed by atoms with Crippen molar-refractivity contribution in [2.75, 3.05) is 13.2 Å². The minimum atomic E-state index is -0.546. The van der Waals surface area contributed by atoms with E-state index >= 15 is 0 Å². The Kier molecular flexibility index (Phi) is 7.24. The lowest BCUT2D eigenvalue weighted by atomic mass is 9.70. The van der Waals surface area contributed by atoms with Crippen molar-refractivity contribution in [3.8, 4) is 11.5 Å². The SMILES string of the molecule is CCCOc1ccc(B2OC(C)(C)C(C)(C)O2)c2c(OCCC)ccc(B3OC(C)(C)C(C)(C)O3)c12. The molecule has 36 heavy (non-hydrogen) atoms. The molecule has 2 heterocycles. The number of hydrogen-bond donors (Lipinski definition) is 0. The zero-order chi connectivity index (χ0) is 26.5. The van der Waals surface area contributed by atoms with Gasteiger partial charge in [-0.3, -0.25) is 0 Å². The van der Waals surface area contributed by atoms with Gasteiger partial charge in [-0.1, -0.05) is 26.0 Å². The number of ether oxygens (including phenoxy) is 2. The molecule has 6 nitrogen and oxygen atoms in total. The average Bonchev–Trinajstić information content (AvgIpc) is 3.14. The zero-order valence-corrected chi connectivity index (χ0v) is 23.7. The van der Waals surface area contributed by atoms with Crippen LogP contribution in [0.15, 0.2) is 24.3 Å². The van der Waals surface area contributed by atoms with Crippen LogP contribution >= 0.6 is 0 Å². The van der Waals surface area contributed by atoms with E-state index in [4.69, 9.17) is 28.1 Å². The summed E-state index contributed by atoms with van der Waals surface area (Å²) < 4.78 is 38.5. The van der Waals surface area contributed by atoms with Crippen molar-refractivity contribution >= 4 is 35.9 Å². The maximum Gasteiger partial charge on any atom is 0.495 e. The molecule has 0 bridgehead atoms. The minimum absolute atomic E-state index is 0.463. The first kappa shape index (κ1) is 27.3. The lowest BCUT2D eigenvalue weighted by Gasteiger charge is -2.32. The van der Waals surface area contributed by atoms with Gasteiger partial charge in [0.05, 0.1) is 35.6 Å². The average molecular weight is 496 g/mol. The van der Waals surface area contributed by atoms with Gasteiger partial charge >= 0.3 is 14.2 Å². The Morgan fingerprint density at radius 1 is 0.556 bits per heavy atom. The molecular formula is C28H42B2O6. The fourth-order valence-corrected chi connectivity index (χ4v) is 4.48. The van der Waals surface area contributed by atoms with Gasteiger partial charge in [-0.15, -0.1) is 0 Å². The first-order chi connectivity index (χ1) is 16.7. The van der Waals surface area contributed by atoms with Crippen LogP contribution in [0.5, 0.6) is 11.5 Å². The van der Waals surface area contributed by atoms with Crippen LogP contribution in [0.4, 0.5) is 0 Å². The van der Waals surface area contributed by atoms with Crippen molar-refractivity contribution in [3.05, 3.63) is 24.3 Å². The molecule has 0 aliphatic carbocycles. The zero-order valence-electron chi connectivity index (χ0n) is 23.7. The van der Waals surface area contributed by atoms with E-state index in [9.17, 15) is 0 Å². The van der Waals surface area contributed by atoms with Crippen molar-refractivity contribution in [1.29, 1.82) is 0 Å². The van der Waals surface area contributed by atoms with Gasteiger partial charge in [0.2, 0.25) is 0 Å². The van der Waals surface area contributed by atoms with Crippen molar-refractivity contribution in [1.82, 2.24) is 0 Å². The molecule has 0 radical (unpaired) electrons. The van der Waals surface area contributed by atoms with Gasteiger partial charge in [-0.25, -0.2) is 0 Å². The van der Waals surface area contributed by atoms with Crippen LogP contribution in [-0.4, -0.2) is 49.9 Å². The molecule has 2 aromatic carbocycles. The number of hydrogen-bond acceptors (Lipinski definition) is 6. The van der Waals surface area contributed by atoms with E-state index in [0.717, 1.165) is 46.0 Å². The highest BCUT2D eigenvalue weighted by Gasteiger charge is 2.54. The largest absolute Gasteiger partial charge is 0.495 e. The first-order valence-electron chi connectivity index (χ1n) is 13.3. The van der Waals surface area contributed by atoms with E-state index in [0.29, 0.717) is 13.2 Å². The van der Waals surface area contributed by atoms with Crippen LogP contribution in [0.2, 0.25) is 0 Å². The third-order valence-corrected chi connectivity index (χ3v) is 8.09. The molecule has 2 fully saturated rings. The van der Waals surface area contributed by atoms with Gasteiger partial charge in [-0.05, 0) is 91.3 Å². The van der Waals surface area contributed by atoms with Crippen molar-refractivity contribution in [2.45, 2.75) is 104 Å². The molecule has 0 spiro atoms. The van der Waals surface area contributed by atoms with E-state index in [2.05, 4.69) is 69.2 Å². The fraction of sp³-hybridized carbons (Fsp3) is 0.643.